The summed E-state index contributed by atoms with van der Waals surface area (Å²) in [5, 5.41) is 4.15. The molecule has 0 amide bonds. The van der Waals surface area contributed by atoms with Crippen molar-refractivity contribution in [3.05, 3.63) is 23.4 Å². The van der Waals surface area contributed by atoms with Crippen LogP contribution in [0.15, 0.2) is 18.3 Å². The number of likely N-dealkylation sites (tertiary alicyclic amines) is 1. The van der Waals surface area contributed by atoms with Gasteiger partial charge in [-0.15, -0.1) is 0 Å². The zero-order chi connectivity index (χ0) is 15.7. The molecule has 1 N–H and O–H groups in total. The first-order valence-electron chi connectivity index (χ1n) is 8.56. The van der Waals surface area contributed by atoms with E-state index in [1.807, 2.05) is 12.1 Å². The van der Waals surface area contributed by atoms with Gasteiger partial charge in [0.15, 0.2) is 0 Å². The van der Waals surface area contributed by atoms with Gasteiger partial charge < -0.3 is 14.8 Å². The highest BCUT2D eigenvalue weighted by molar-refractivity contribution is 6.30. The zero-order valence-electron chi connectivity index (χ0n) is 13.3. The van der Waals surface area contributed by atoms with Crippen LogP contribution in [0.25, 0.3) is 0 Å². The number of piperidine rings is 1. The van der Waals surface area contributed by atoms with Crippen molar-refractivity contribution in [2.24, 2.45) is 5.41 Å². The lowest BCUT2D eigenvalue weighted by Gasteiger charge is -2.38. The van der Waals surface area contributed by atoms with Crippen LogP contribution in [0, 0.1) is 5.41 Å². The Labute approximate surface area is 142 Å². The van der Waals surface area contributed by atoms with Gasteiger partial charge >= 0.3 is 0 Å². The maximum absolute atomic E-state index is 6.06. The number of aromatic nitrogens is 1. The van der Waals surface area contributed by atoms with Crippen molar-refractivity contribution in [3.63, 3.8) is 0 Å². The monoisotopic (exact) mass is 337 g/mol. The van der Waals surface area contributed by atoms with E-state index in [1.54, 1.807) is 6.20 Å². The number of nitrogens with one attached hydrogen (secondary N) is 1. The number of fused-ring (bicyclic) bond motifs is 1. The van der Waals surface area contributed by atoms with Gasteiger partial charge in [-0.2, -0.15) is 0 Å². The molecule has 0 aliphatic carbocycles. The fourth-order valence-electron chi connectivity index (χ4n) is 4.21. The van der Waals surface area contributed by atoms with Crippen molar-refractivity contribution < 1.29 is 9.47 Å². The molecule has 1 aromatic rings. The van der Waals surface area contributed by atoms with E-state index in [4.69, 9.17) is 21.1 Å². The Morgan fingerprint density at radius 3 is 3.30 bits per heavy atom. The highest BCUT2D eigenvalue weighted by atomic mass is 35.5. The molecule has 3 saturated heterocycles. The van der Waals surface area contributed by atoms with E-state index in [-0.39, 0.29) is 6.10 Å². The molecule has 0 bridgehead atoms. The summed E-state index contributed by atoms with van der Waals surface area (Å²) < 4.78 is 12.0. The third-order valence-electron chi connectivity index (χ3n) is 5.40. The summed E-state index contributed by atoms with van der Waals surface area (Å²) in [6, 6.07) is 3.68. The lowest BCUT2D eigenvalue weighted by atomic mass is 9.82. The van der Waals surface area contributed by atoms with Gasteiger partial charge in [-0.05, 0) is 31.9 Å². The molecule has 1 aromatic heterocycles. The van der Waals surface area contributed by atoms with Crippen LogP contribution in [0.3, 0.4) is 0 Å². The molecule has 4 heterocycles. The molecule has 6 heteroatoms. The van der Waals surface area contributed by atoms with Gasteiger partial charge in [0.1, 0.15) is 6.10 Å². The highest BCUT2D eigenvalue weighted by Gasteiger charge is 2.48. The minimum Gasteiger partial charge on any atom is -0.473 e. The molecule has 3 aliphatic heterocycles. The second kappa shape index (κ2) is 6.55. The van der Waals surface area contributed by atoms with Crippen LogP contribution in [-0.2, 0) is 4.74 Å². The van der Waals surface area contributed by atoms with Crippen LogP contribution in [0.1, 0.15) is 19.3 Å². The predicted molar refractivity (Wildman–Crippen MR) is 89.0 cm³/mol. The average molecular weight is 338 g/mol. The largest absolute Gasteiger partial charge is 0.473 e. The fraction of sp³-hybridized carbons (Fsp3) is 0.706. The number of hydrogen-bond acceptors (Lipinski definition) is 5. The lowest BCUT2D eigenvalue weighted by molar-refractivity contribution is 0.0311. The average Bonchev–Trinajstić information content (AvgIpc) is 3.09. The fourth-order valence-corrected chi connectivity index (χ4v) is 4.32. The molecular weight excluding hydrogens is 314 g/mol. The van der Waals surface area contributed by atoms with Crippen LogP contribution < -0.4 is 10.1 Å². The molecule has 0 saturated carbocycles. The Morgan fingerprint density at radius 1 is 1.48 bits per heavy atom. The third-order valence-corrected chi connectivity index (χ3v) is 5.62. The Hall–Kier alpha value is -0.880. The van der Waals surface area contributed by atoms with Gasteiger partial charge in [0.2, 0.25) is 5.88 Å². The first kappa shape index (κ1) is 15.6. The van der Waals surface area contributed by atoms with E-state index < -0.39 is 0 Å². The topological polar surface area (TPSA) is 46.6 Å². The summed E-state index contributed by atoms with van der Waals surface area (Å²) in [6.07, 6.45) is 5.68. The summed E-state index contributed by atoms with van der Waals surface area (Å²) in [4.78, 5) is 6.80. The van der Waals surface area contributed by atoms with Crippen molar-refractivity contribution in [1.82, 2.24) is 15.2 Å². The summed E-state index contributed by atoms with van der Waals surface area (Å²) in [5.74, 6) is 0.670. The van der Waals surface area contributed by atoms with E-state index in [0.717, 1.165) is 45.8 Å². The van der Waals surface area contributed by atoms with Crippen molar-refractivity contribution >= 4 is 11.6 Å². The number of halogens is 1. The van der Waals surface area contributed by atoms with E-state index >= 15 is 0 Å². The van der Waals surface area contributed by atoms with Crippen LogP contribution in [0.2, 0.25) is 5.02 Å². The minimum atomic E-state index is 0.212. The maximum Gasteiger partial charge on any atom is 0.213 e. The lowest BCUT2D eigenvalue weighted by Crippen LogP contribution is -2.48. The SMILES string of the molecule is Clc1ccc(OC2CCCN(C[C@]34CCO[C@H]3CNC4)C2)nc1. The van der Waals surface area contributed by atoms with E-state index in [1.165, 1.54) is 12.8 Å². The molecule has 1 unspecified atom stereocenters. The van der Waals surface area contributed by atoms with E-state index in [9.17, 15) is 0 Å². The summed E-state index contributed by atoms with van der Waals surface area (Å²) >= 11 is 5.88. The van der Waals surface area contributed by atoms with Crippen molar-refractivity contribution in [2.75, 3.05) is 39.3 Å². The smallest absolute Gasteiger partial charge is 0.213 e. The number of ether oxygens (including phenoxy) is 2. The molecule has 5 nitrogen and oxygen atoms in total. The summed E-state index contributed by atoms with van der Waals surface area (Å²) in [5.41, 5.74) is 0.306. The van der Waals surface area contributed by atoms with E-state index in [2.05, 4.69) is 15.2 Å². The molecule has 3 fully saturated rings. The third kappa shape index (κ3) is 3.33. The van der Waals surface area contributed by atoms with Gasteiger partial charge in [0, 0.05) is 50.5 Å². The van der Waals surface area contributed by atoms with Crippen LogP contribution >= 0.6 is 11.6 Å². The van der Waals surface area contributed by atoms with Crippen LogP contribution in [-0.4, -0.2) is 61.4 Å². The summed E-state index contributed by atoms with van der Waals surface area (Å²) in [7, 11) is 0. The quantitative estimate of drug-likeness (QED) is 0.910. The zero-order valence-corrected chi connectivity index (χ0v) is 14.1. The number of pyridine rings is 1. The number of rotatable bonds is 4. The second-order valence-corrected chi connectivity index (χ2v) is 7.47. The van der Waals surface area contributed by atoms with Crippen molar-refractivity contribution in [3.8, 4) is 5.88 Å². The van der Waals surface area contributed by atoms with Crippen molar-refractivity contribution in [2.45, 2.75) is 31.5 Å². The van der Waals surface area contributed by atoms with E-state index in [0.29, 0.717) is 22.4 Å². The Balaban J connectivity index is 1.36. The molecule has 3 aliphatic rings. The van der Waals surface area contributed by atoms with Gasteiger partial charge in [-0.3, -0.25) is 4.90 Å². The Kier molecular flexibility index (Phi) is 4.46. The van der Waals surface area contributed by atoms with Crippen molar-refractivity contribution in [1.29, 1.82) is 0 Å². The van der Waals surface area contributed by atoms with Gasteiger partial charge in [0.25, 0.3) is 0 Å². The molecule has 126 valence electrons. The summed E-state index contributed by atoms with van der Waals surface area (Å²) in [6.45, 7) is 6.23. The molecule has 0 aromatic carbocycles. The standard InChI is InChI=1S/C17H24ClN3O2/c18-13-3-4-16(20-8-13)23-14-2-1-6-21(10-14)12-17-5-7-22-15(17)9-19-11-17/h3-4,8,14-15,19H,1-2,5-7,9-12H2/t14?,15-,17+/m0/s1. The molecule has 4 rings (SSSR count). The predicted octanol–water partition coefficient (Wildman–Crippen LogP) is 1.96. The van der Waals surface area contributed by atoms with Gasteiger partial charge in [-0.1, -0.05) is 11.6 Å². The molecule has 3 atom stereocenters. The Bertz CT molecular complexity index is 529. The number of nitrogens with zero attached hydrogens (tertiary/aromatic N) is 2. The van der Waals surface area contributed by atoms with Gasteiger partial charge in [0.05, 0.1) is 11.1 Å². The minimum absolute atomic E-state index is 0.212. The van der Waals surface area contributed by atoms with Crippen LogP contribution in [0.4, 0.5) is 0 Å². The normalized spacial score (nSPS) is 34.5. The molecular formula is C17H24ClN3O2. The second-order valence-electron chi connectivity index (χ2n) is 7.03. The van der Waals surface area contributed by atoms with Crippen LogP contribution in [0.5, 0.6) is 5.88 Å². The van der Waals surface area contributed by atoms with Gasteiger partial charge in [-0.25, -0.2) is 4.98 Å². The molecule has 0 radical (unpaired) electrons. The first-order chi connectivity index (χ1) is 11.2. The molecule has 23 heavy (non-hydrogen) atoms. The molecule has 0 spiro atoms. The number of hydrogen-bond donors (Lipinski definition) is 1. The first-order valence-corrected chi connectivity index (χ1v) is 8.94. The highest BCUT2D eigenvalue weighted by Crippen LogP contribution is 2.39. The maximum atomic E-state index is 6.06. The Morgan fingerprint density at radius 2 is 2.43 bits per heavy atom.